The minimum Gasteiger partial charge on any atom is -0.876 e. The molecule has 1 aliphatic carbocycles. The van der Waals surface area contributed by atoms with Gasteiger partial charge in [0.05, 0.1) is 23.2 Å². The molecule has 1 aliphatic heterocycles. The molecule has 0 aromatic heterocycles. The van der Waals surface area contributed by atoms with Crippen molar-refractivity contribution < 1.29 is 23.9 Å². The summed E-state index contributed by atoms with van der Waals surface area (Å²) in [5, 5.41) is 20.0. The molecule has 7 heteroatoms. The van der Waals surface area contributed by atoms with E-state index in [4.69, 9.17) is 9.47 Å². The Hall–Kier alpha value is -1.99. The first-order valence-electron chi connectivity index (χ1n) is 8.21. The first-order valence-corrected chi connectivity index (χ1v) is 8.21. The second kappa shape index (κ2) is 7.49. The van der Waals surface area contributed by atoms with Crippen LogP contribution in [0.1, 0.15) is 51.5 Å². The maximum Gasteiger partial charge on any atom is 0.272 e. The average Bonchev–Trinajstić information content (AvgIpc) is 2.79. The predicted molar refractivity (Wildman–Crippen MR) is 88.3 cm³/mol. The van der Waals surface area contributed by atoms with Gasteiger partial charge in [0.15, 0.2) is 5.79 Å². The number of ether oxygens (including phenoxy) is 2. The SMILES string of the molecule is C=C(C)[O-].CC1(C)OC2CCC(c3ccc([N+](=O)[O-])cc3F)CC2O1. The maximum atomic E-state index is 14.1. The summed E-state index contributed by atoms with van der Waals surface area (Å²) in [6, 6.07) is 3.89. The molecular weight excluding hydrogens is 329 g/mol. The van der Waals surface area contributed by atoms with Gasteiger partial charge in [-0.3, -0.25) is 10.1 Å². The van der Waals surface area contributed by atoms with Crippen molar-refractivity contribution in [2.45, 2.75) is 63.9 Å². The Morgan fingerprint density at radius 1 is 1.32 bits per heavy atom. The quantitative estimate of drug-likeness (QED) is 0.463. The van der Waals surface area contributed by atoms with Gasteiger partial charge in [0.1, 0.15) is 5.82 Å². The number of non-ortho nitro benzene ring substituents is 1. The molecule has 3 rings (SSSR count). The molecule has 0 amide bonds. The Labute approximate surface area is 146 Å². The van der Waals surface area contributed by atoms with E-state index in [0.29, 0.717) is 12.0 Å². The average molecular weight is 352 g/mol. The minimum atomic E-state index is -0.585. The number of allylic oxidation sites excluding steroid dienone is 1. The van der Waals surface area contributed by atoms with E-state index in [2.05, 4.69) is 6.58 Å². The van der Waals surface area contributed by atoms with Gasteiger partial charge in [-0.1, -0.05) is 6.92 Å². The summed E-state index contributed by atoms with van der Waals surface area (Å²) >= 11 is 0. The van der Waals surface area contributed by atoms with Crippen LogP contribution in [0.4, 0.5) is 10.1 Å². The topological polar surface area (TPSA) is 84.7 Å². The van der Waals surface area contributed by atoms with Crippen LogP contribution >= 0.6 is 0 Å². The Kier molecular flexibility index (Phi) is 5.80. The molecule has 0 radical (unpaired) electrons. The van der Waals surface area contributed by atoms with Gasteiger partial charge in [0, 0.05) is 6.07 Å². The molecule has 25 heavy (non-hydrogen) atoms. The summed E-state index contributed by atoms with van der Waals surface area (Å²) < 4.78 is 25.8. The highest BCUT2D eigenvalue weighted by atomic mass is 19.1. The summed E-state index contributed by atoms with van der Waals surface area (Å²) in [5.74, 6) is -1.16. The number of halogens is 1. The van der Waals surface area contributed by atoms with Gasteiger partial charge in [0.2, 0.25) is 0 Å². The lowest BCUT2D eigenvalue weighted by Gasteiger charge is -2.29. The third-order valence-electron chi connectivity index (χ3n) is 4.24. The van der Waals surface area contributed by atoms with Crippen molar-refractivity contribution in [1.82, 2.24) is 0 Å². The van der Waals surface area contributed by atoms with Crippen LogP contribution in [0.2, 0.25) is 0 Å². The van der Waals surface area contributed by atoms with E-state index in [1.54, 1.807) is 0 Å². The van der Waals surface area contributed by atoms with Gasteiger partial charge < -0.3 is 14.6 Å². The summed E-state index contributed by atoms with van der Waals surface area (Å²) in [5.41, 5.74) is 0.318. The predicted octanol–water partition coefficient (Wildman–Crippen LogP) is 3.40. The lowest BCUT2D eigenvalue weighted by atomic mass is 9.81. The number of rotatable bonds is 2. The number of hydrogen-bond acceptors (Lipinski definition) is 5. The first kappa shape index (κ1) is 19.3. The largest absolute Gasteiger partial charge is 0.876 e. The van der Waals surface area contributed by atoms with Crippen molar-refractivity contribution in [3.63, 3.8) is 0 Å². The summed E-state index contributed by atoms with van der Waals surface area (Å²) in [6.45, 7) is 8.18. The Morgan fingerprint density at radius 2 is 1.92 bits per heavy atom. The van der Waals surface area contributed by atoms with Crippen LogP contribution in [0.15, 0.2) is 30.5 Å². The van der Waals surface area contributed by atoms with Gasteiger partial charge in [-0.25, -0.2) is 4.39 Å². The summed E-state index contributed by atoms with van der Waals surface area (Å²) in [7, 11) is 0. The molecule has 2 aliphatic rings. The summed E-state index contributed by atoms with van der Waals surface area (Å²) in [6.07, 6.45) is 2.33. The molecule has 0 N–H and O–H groups in total. The Balaban J connectivity index is 0.000000511. The van der Waals surface area contributed by atoms with E-state index < -0.39 is 16.5 Å². The lowest BCUT2D eigenvalue weighted by molar-refractivity contribution is -0.385. The fraction of sp³-hybridized carbons (Fsp3) is 0.556. The fourth-order valence-electron chi connectivity index (χ4n) is 3.36. The number of benzene rings is 1. The maximum absolute atomic E-state index is 14.1. The molecule has 1 aromatic carbocycles. The normalized spacial score (nSPS) is 27.0. The monoisotopic (exact) mass is 352 g/mol. The zero-order valence-corrected chi connectivity index (χ0v) is 14.7. The third kappa shape index (κ3) is 4.99. The van der Waals surface area contributed by atoms with E-state index in [0.717, 1.165) is 18.9 Å². The van der Waals surface area contributed by atoms with E-state index in [-0.39, 0.29) is 29.6 Å². The molecule has 2 fully saturated rings. The third-order valence-corrected chi connectivity index (χ3v) is 4.24. The number of nitro benzene ring substituents is 1. The van der Waals surface area contributed by atoms with E-state index in [9.17, 15) is 19.6 Å². The smallest absolute Gasteiger partial charge is 0.272 e. The molecule has 6 nitrogen and oxygen atoms in total. The van der Waals surface area contributed by atoms with Gasteiger partial charge in [-0.2, -0.15) is 0 Å². The van der Waals surface area contributed by atoms with Crippen LogP contribution < -0.4 is 5.11 Å². The van der Waals surface area contributed by atoms with Gasteiger partial charge >= 0.3 is 0 Å². The highest BCUT2D eigenvalue weighted by Gasteiger charge is 2.45. The van der Waals surface area contributed by atoms with Gasteiger partial charge in [-0.15, -0.1) is 12.3 Å². The molecule has 0 spiro atoms. The van der Waals surface area contributed by atoms with Crippen LogP contribution in [0.3, 0.4) is 0 Å². The number of fused-ring (bicyclic) bond motifs is 1. The zero-order chi connectivity index (χ0) is 18.8. The molecule has 1 heterocycles. The summed E-state index contributed by atoms with van der Waals surface area (Å²) in [4.78, 5) is 10.1. The van der Waals surface area contributed by atoms with Crippen LogP contribution in [0.5, 0.6) is 0 Å². The number of nitro groups is 1. The van der Waals surface area contributed by atoms with Crippen LogP contribution in [-0.2, 0) is 9.47 Å². The van der Waals surface area contributed by atoms with Crippen molar-refractivity contribution in [3.05, 3.63) is 52.0 Å². The molecule has 1 saturated heterocycles. The van der Waals surface area contributed by atoms with Gasteiger partial charge in [0.25, 0.3) is 5.69 Å². The zero-order valence-electron chi connectivity index (χ0n) is 14.7. The van der Waals surface area contributed by atoms with Crippen LogP contribution in [0.25, 0.3) is 0 Å². The Morgan fingerprint density at radius 3 is 2.48 bits per heavy atom. The highest BCUT2D eigenvalue weighted by Crippen LogP contribution is 2.43. The van der Waals surface area contributed by atoms with Gasteiger partial charge in [-0.05, 0) is 50.7 Å². The van der Waals surface area contributed by atoms with E-state index in [1.807, 2.05) is 13.8 Å². The van der Waals surface area contributed by atoms with Crippen molar-refractivity contribution in [3.8, 4) is 0 Å². The van der Waals surface area contributed by atoms with E-state index >= 15 is 0 Å². The van der Waals surface area contributed by atoms with Crippen molar-refractivity contribution in [2.24, 2.45) is 0 Å². The van der Waals surface area contributed by atoms with E-state index in [1.165, 1.54) is 19.1 Å². The van der Waals surface area contributed by atoms with Crippen LogP contribution in [-0.4, -0.2) is 22.9 Å². The molecular formula is C18H23FNO5-. The van der Waals surface area contributed by atoms with Crippen molar-refractivity contribution in [2.75, 3.05) is 0 Å². The standard InChI is InChI=1S/C15H18FNO4.C3H6O/c1-15(2)20-13-6-3-9(7-14(13)21-15)11-5-4-10(17(18)19)8-12(11)16;1-3(2)4/h4-5,8-9,13-14H,3,6-7H2,1-2H3;4H,1H2,2H3/p-1. The minimum absolute atomic E-state index is 0.0181. The second-order valence-corrected chi connectivity index (χ2v) is 6.89. The van der Waals surface area contributed by atoms with Crippen LogP contribution in [0, 0.1) is 15.9 Å². The van der Waals surface area contributed by atoms with Crippen molar-refractivity contribution in [1.29, 1.82) is 0 Å². The molecule has 3 unspecified atom stereocenters. The first-order chi connectivity index (χ1) is 11.6. The molecule has 1 saturated carbocycles. The van der Waals surface area contributed by atoms with Crippen molar-refractivity contribution >= 4 is 5.69 Å². The molecule has 3 atom stereocenters. The Bertz CT molecular complexity index is 657. The molecule has 0 bridgehead atoms. The number of nitrogens with zero attached hydrogens (tertiary/aromatic N) is 1. The second-order valence-electron chi connectivity index (χ2n) is 6.89. The highest BCUT2D eigenvalue weighted by molar-refractivity contribution is 5.36. The number of hydrogen-bond donors (Lipinski definition) is 0. The molecule has 138 valence electrons. The molecule has 1 aromatic rings. The lowest BCUT2D eigenvalue weighted by Crippen LogP contribution is -2.30. The fourth-order valence-corrected chi connectivity index (χ4v) is 3.36.